The van der Waals surface area contributed by atoms with Crippen LogP contribution in [0.1, 0.15) is 118 Å². The highest BCUT2D eigenvalue weighted by Crippen LogP contribution is 2.70. The maximum Gasteiger partial charge on any atom is 0.407 e. The highest BCUT2D eigenvalue weighted by atomic mass is 32.2. The lowest BCUT2D eigenvalue weighted by Crippen LogP contribution is -2.63. The summed E-state index contributed by atoms with van der Waals surface area (Å²) in [5, 5.41) is 15.8. The second kappa shape index (κ2) is 13.3. The number of carbonyl (C=O) groups is 2. The van der Waals surface area contributed by atoms with Crippen LogP contribution in [0.5, 0.6) is 0 Å². The van der Waals surface area contributed by atoms with Crippen molar-refractivity contribution in [2.24, 2.45) is 52.3 Å². The van der Waals surface area contributed by atoms with Gasteiger partial charge in [-0.3, -0.25) is 0 Å². The molecule has 0 aromatic carbocycles. The van der Waals surface area contributed by atoms with Crippen LogP contribution in [0.2, 0.25) is 0 Å². The van der Waals surface area contributed by atoms with Gasteiger partial charge in [0.25, 0.3) is 0 Å². The maximum absolute atomic E-state index is 12.8. The van der Waals surface area contributed by atoms with E-state index < -0.39 is 21.3 Å². The number of alkyl carbamates (subject to hydrolysis) is 1. The smallest absolute Gasteiger partial charge is 0.407 e. The predicted molar refractivity (Wildman–Crippen MR) is 171 cm³/mol. The summed E-state index contributed by atoms with van der Waals surface area (Å²) >= 11 is 0. The summed E-state index contributed by atoms with van der Waals surface area (Å²) < 4.78 is 34.0. The Balaban J connectivity index is 1.27. The van der Waals surface area contributed by atoms with Crippen LogP contribution in [0.3, 0.4) is 0 Å². The molecule has 11 atom stereocenters. The van der Waals surface area contributed by atoms with Crippen LogP contribution in [-0.4, -0.2) is 56.7 Å². The van der Waals surface area contributed by atoms with Crippen LogP contribution in [0.25, 0.3) is 0 Å². The fraction of sp³-hybridized carbons (Fsp3) is 0.941. The number of ether oxygens (including phenoxy) is 1. The molecule has 0 spiro atoms. The number of sulfonamides is 1. The standard InChI is InChI=1S/C34H59N3O6S/c1-6-24-28-20-22(38)14-17-34(28,4)27-15-18-33(3)25(12-13-26(33)29(27)30(24)43-32(40)35-5)21(2)16-19-36-31(39)37-44(41,42)23-10-8-7-9-11-23/h21-30,38H,6-20H2,1-5H3,(H,35,40)(H2,36,37,39)/t21-,22-,24-,25-,26+,27+,28+,29+,30-,33-,34-/m1/s1. The van der Waals surface area contributed by atoms with Crippen molar-refractivity contribution >= 4 is 22.1 Å². The van der Waals surface area contributed by atoms with Gasteiger partial charge in [-0.25, -0.2) is 22.7 Å². The number of carbonyl (C=O) groups excluding carboxylic acids is 2. The molecule has 5 aliphatic carbocycles. The summed E-state index contributed by atoms with van der Waals surface area (Å²) in [7, 11) is -2.01. The predicted octanol–water partition coefficient (Wildman–Crippen LogP) is 5.96. The Morgan fingerprint density at radius 2 is 1.64 bits per heavy atom. The molecule has 0 aromatic heterocycles. The van der Waals surface area contributed by atoms with E-state index in [0.29, 0.717) is 54.9 Å². The summed E-state index contributed by atoms with van der Waals surface area (Å²) in [4.78, 5) is 25.3. The summed E-state index contributed by atoms with van der Waals surface area (Å²) in [6.07, 6.45) is 12.3. The lowest BCUT2D eigenvalue weighted by atomic mass is 9.41. The van der Waals surface area contributed by atoms with E-state index in [2.05, 4.69) is 43.1 Å². The number of aliphatic hydroxyl groups is 1. The van der Waals surface area contributed by atoms with Crippen LogP contribution in [-0.2, 0) is 14.8 Å². The summed E-state index contributed by atoms with van der Waals surface area (Å²) in [6.45, 7) is 9.90. The van der Waals surface area contributed by atoms with E-state index in [1.807, 2.05) is 0 Å². The van der Waals surface area contributed by atoms with Gasteiger partial charge in [-0.15, -0.1) is 0 Å². The topological polar surface area (TPSA) is 134 Å². The van der Waals surface area contributed by atoms with E-state index in [0.717, 1.165) is 77.0 Å². The fourth-order valence-corrected chi connectivity index (χ4v) is 12.9. The van der Waals surface area contributed by atoms with Crippen molar-refractivity contribution in [2.75, 3.05) is 13.6 Å². The molecule has 0 saturated heterocycles. The first-order valence-electron chi connectivity index (χ1n) is 17.7. The number of nitrogens with one attached hydrogen (secondary N) is 3. The summed E-state index contributed by atoms with van der Waals surface area (Å²) in [5.41, 5.74) is 0.264. The third-order valence-corrected chi connectivity index (χ3v) is 15.5. The molecular formula is C34H59N3O6S. The van der Waals surface area contributed by atoms with Gasteiger partial charge in [0.05, 0.1) is 11.4 Å². The monoisotopic (exact) mass is 637 g/mol. The van der Waals surface area contributed by atoms with Gasteiger partial charge in [0.2, 0.25) is 10.0 Å². The lowest BCUT2D eigenvalue weighted by molar-refractivity contribution is -0.203. The first-order valence-corrected chi connectivity index (χ1v) is 19.3. The average molecular weight is 638 g/mol. The number of fused-ring (bicyclic) bond motifs is 5. The molecule has 0 radical (unpaired) electrons. The van der Waals surface area contributed by atoms with Crippen LogP contribution < -0.4 is 15.4 Å². The number of rotatable bonds is 8. The number of aliphatic hydroxyl groups excluding tert-OH is 1. The van der Waals surface area contributed by atoms with Crippen LogP contribution in [0, 0.1) is 52.3 Å². The first kappa shape index (κ1) is 33.8. The van der Waals surface area contributed by atoms with E-state index in [1.54, 1.807) is 7.05 Å². The Morgan fingerprint density at radius 1 is 0.955 bits per heavy atom. The zero-order valence-corrected chi connectivity index (χ0v) is 28.6. The third kappa shape index (κ3) is 6.24. The van der Waals surface area contributed by atoms with Crippen molar-refractivity contribution in [3.05, 3.63) is 0 Å². The molecule has 0 aliphatic heterocycles. The van der Waals surface area contributed by atoms with Crippen molar-refractivity contribution in [3.8, 4) is 0 Å². The number of amides is 3. The highest BCUT2D eigenvalue weighted by molar-refractivity contribution is 7.90. The van der Waals surface area contributed by atoms with Gasteiger partial charge in [-0.1, -0.05) is 47.0 Å². The second-order valence-electron chi connectivity index (χ2n) is 15.7. The summed E-state index contributed by atoms with van der Waals surface area (Å²) in [6, 6.07) is -0.610. The van der Waals surface area contributed by atoms with Gasteiger partial charge in [0, 0.05) is 19.5 Å². The largest absolute Gasteiger partial charge is 0.446 e. The molecule has 9 nitrogen and oxygen atoms in total. The molecule has 5 rings (SSSR count). The molecule has 0 unspecified atom stereocenters. The van der Waals surface area contributed by atoms with Gasteiger partial charge in [-0.05, 0) is 117 Å². The molecule has 0 heterocycles. The fourth-order valence-electron chi connectivity index (χ4n) is 11.5. The van der Waals surface area contributed by atoms with E-state index >= 15 is 0 Å². The third-order valence-electron chi connectivity index (χ3n) is 13.7. The molecule has 0 bridgehead atoms. The van der Waals surface area contributed by atoms with Gasteiger partial charge in [-0.2, -0.15) is 0 Å². The Kier molecular flexibility index (Phi) is 10.2. The zero-order valence-electron chi connectivity index (χ0n) is 27.8. The van der Waals surface area contributed by atoms with E-state index in [-0.39, 0.29) is 35.0 Å². The van der Waals surface area contributed by atoms with Crippen molar-refractivity contribution in [3.63, 3.8) is 0 Å². The van der Waals surface area contributed by atoms with Gasteiger partial charge < -0.3 is 20.5 Å². The first-order chi connectivity index (χ1) is 20.9. The van der Waals surface area contributed by atoms with Crippen molar-refractivity contribution in [2.45, 2.75) is 135 Å². The second-order valence-corrected chi connectivity index (χ2v) is 17.6. The van der Waals surface area contributed by atoms with E-state index in [1.165, 1.54) is 0 Å². The molecular weight excluding hydrogens is 578 g/mol. The molecule has 4 N–H and O–H groups in total. The van der Waals surface area contributed by atoms with Crippen LogP contribution in [0.15, 0.2) is 0 Å². The molecule has 10 heteroatoms. The van der Waals surface area contributed by atoms with Gasteiger partial charge >= 0.3 is 12.1 Å². The SMILES string of the molecule is CC[C@H]1[C@@H](OC(=O)NC)[C@@H]2[C@H](CC[C@]3(C)[C@@H]([C@H](C)CCNC(=O)NS(=O)(=O)C4CCCCC4)CC[C@@H]23)[C@@]2(C)CC[C@@H](O)C[C@@H]12. The minimum absolute atomic E-state index is 0.118. The highest BCUT2D eigenvalue weighted by Gasteiger charge is 2.66. The van der Waals surface area contributed by atoms with E-state index in [4.69, 9.17) is 4.74 Å². The summed E-state index contributed by atoms with van der Waals surface area (Å²) in [5.74, 6) is 2.68. The maximum atomic E-state index is 12.8. The van der Waals surface area contributed by atoms with Gasteiger partial charge in [0.1, 0.15) is 6.10 Å². The molecule has 5 saturated carbocycles. The molecule has 5 fully saturated rings. The van der Waals surface area contributed by atoms with Crippen LogP contribution in [0.4, 0.5) is 9.59 Å². The van der Waals surface area contributed by atoms with Crippen LogP contribution >= 0.6 is 0 Å². The Morgan fingerprint density at radius 3 is 2.32 bits per heavy atom. The Bertz CT molecular complexity index is 1140. The average Bonchev–Trinajstić information content (AvgIpc) is 3.35. The minimum Gasteiger partial charge on any atom is -0.446 e. The van der Waals surface area contributed by atoms with Crippen molar-refractivity contribution in [1.82, 2.24) is 15.4 Å². The number of hydrogen-bond acceptors (Lipinski definition) is 6. The number of hydrogen-bond donors (Lipinski definition) is 4. The molecule has 44 heavy (non-hydrogen) atoms. The van der Waals surface area contributed by atoms with Crippen molar-refractivity contribution in [1.29, 1.82) is 0 Å². The minimum atomic E-state index is -3.64. The zero-order chi connectivity index (χ0) is 31.9. The number of urea groups is 1. The molecule has 0 aromatic rings. The van der Waals surface area contributed by atoms with E-state index in [9.17, 15) is 23.1 Å². The Hall–Kier alpha value is -1.55. The van der Waals surface area contributed by atoms with Crippen molar-refractivity contribution < 1.29 is 27.9 Å². The molecule has 252 valence electrons. The Labute approximate surface area is 265 Å². The van der Waals surface area contributed by atoms with Gasteiger partial charge in [0.15, 0.2) is 0 Å². The lowest BCUT2D eigenvalue weighted by Gasteiger charge is -2.65. The molecule has 5 aliphatic rings. The normalized spacial score (nSPS) is 41.4. The molecule has 3 amide bonds. The quantitative estimate of drug-likeness (QED) is 0.259.